The van der Waals surface area contributed by atoms with E-state index in [1.807, 2.05) is 30.3 Å². The Bertz CT molecular complexity index is 1280. The maximum Gasteiger partial charge on any atom is 0.338 e. The fraction of sp³-hybridized carbons (Fsp3) is 0.0833. The highest BCUT2D eigenvalue weighted by Crippen LogP contribution is 2.29. The Balaban J connectivity index is 1.40. The lowest BCUT2D eigenvalue weighted by Crippen LogP contribution is -2.21. The van der Waals surface area contributed by atoms with Crippen LogP contribution in [0.15, 0.2) is 77.3 Å². The Labute approximate surface area is 182 Å². The number of esters is 2. The van der Waals surface area contributed by atoms with Crippen molar-refractivity contribution in [1.82, 2.24) is 5.16 Å². The van der Waals surface area contributed by atoms with Gasteiger partial charge in [0.05, 0.1) is 23.6 Å². The molecule has 1 amide bonds. The number of aromatic nitrogens is 1. The van der Waals surface area contributed by atoms with Crippen LogP contribution < -0.4 is 5.32 Å². The van der Waals surface area contributed by atoms with E-state index in [9.17, 15) is 14.4 Å². The molecule has 0 bridgehead atoms. The minimum absolute atomic E-state index is 0.271. The van der Waals surface area contributed by atoms with Gasteiger partial charge in [0.1, 0.15) is 5.52 Å². The summed E-state index contributed by atoms with van der Waals surface area (Å²) in [7, 11) is 1.29. The van der Waals surface area contributed by atoms with Crippen molar-refractivity contribution in [3.8, 4) is 11.3 Å². The Morgan fingerprint density at radius 2 is 1.62 bits per heavy atom. The number of carbonyl (C=O) groups excluding carboxylic acids is 3. The van der Waals surface area contributed by atoms with Crippen molar-refractivity contribution in [1.29, 1.82) is 0 Å². The lowest BCUT2D eigenvalue weighted by Gasteiger charge is -2.07. The molecule has 0 saturated carbocycles. The first-order chi connectivity index (χ1) is 15.5. The summed E-state index contributed by atoms with van der Waals surface area (Å²) in [5.41, 5.74) is 2.52. The molecule has 4 aromatic rings. The average Bonchev–Trinajstić information content (AvgIpc) is 3.26. The Morgan fingerprint density at radius 3 is 2.34 bits per heavy atom. The number of anilines is 1. The van der Waals surface area contributed by atoms with Crippen molar-refractivity contribution >= 4 is 34.4 Å². The van der Waals surface area contributed by atoms with E-state index < -0.39 is 24.5 Å². The van der Waals surface area contributed by atoms with Gasteiger partial charge in [0.2, 0.25) is 0 Å². The van der Waals surface area contributed by atoms with Crippen LogP contribution in [0.1, 0.15) is 20.7 Å². The molecule has 0 unspecified atom stereocenters. The van der Waals surface area contributed by atoms with E-state index in [2.05, 4.69) is 15.2 Å². The van der Waals surface area contributed by atoms with Gasteiger partial charge in [-0.2, -0.15) is 0 Å². The molecule has 1 heterocycles. The molecule has 0 aliphatic carbocycles. The highest BCUT2D eigenvalue weighted by atomic mass is 16.5. The van der Waals surface area contributed by atoms with E-state index in [0.717, 1.165) is 5.56 Å². The molecule has 1 aromatic heterocycles. The zero-order chi connectivity index (χ0) is 22.5. The number of methoxy groups -OCH3 is 1. The van der Waals surface area contributed by atoms with E-state index in [4.69, 9.17) is 9.26 Å². The summed E-state index contributed by atoms with van der Waals surface area (Å²) in [6, 6.07) is 20.4. The zero-order valence-corrected chi connectivity index (χ0v) is 17.0. The molecule has 1 N–H and O–H groups in total. The van der Waals surface area contributed by atoms with Crippen LogP contribution in [0.5, 0.6) is 0 Å². The van der Waals surface area contributed by atoms with Crippen LogP contribution >= 0.6 is 0 Å². The lowest BCUT2D eigenvalue weighted by molar-refractivity contribution is -0.119. The molecular weight excluding hydrogens is 412 g/mol. The molecule has 0 spiro atoms. The summed E-state index contributed by atoms with van der Waals surface area (Å²) >= 11 is 0. The molecule has 0 aliphatic rings. The Kier molecular flexibility index (Phi) is 5.94. The lowest BCUT2D eigenvalue weighted by atomic mass is 10.1. The van der Waals surface area contributed by atoms with Crippen LogP contribution in [0.2, 0.25) is 0 Å². The number of hydrogen-bond acceptors (Lipinski definition) is 7. The molecule has 32 heavy (non-hydrogen) atoms. The predicted octanol–water partition coefficient (Wildman–Crippen LogP) is 4.08. The van der Waals surface area contributed by atoms with Gasteiger partial charge in [0, 0.05) is 11.3 Å². The molecule has 4 rings (SSSR count). The minimum atomic E-state index is -0.650. The summed E-state index contributed by atoms with van der Waals surface area (Å²) in [6.45, 7) is -0.467. The van der Waals surface area contributed by atoms with Gasteiger partial charge in [-0.3, -0.25) is 4.79 Å². The third kappa shape index (κ3) is 4.49. The molecule has 0 radical (unpaired) electrons. The van der Waals surface area contributed by atoms with Crippen molar-refractivity contribution in [3.05, 3.63) is 83.9 Å². The molecule has 0 atom stereocenters. The van der Waals surface area contributed by atoms with Gasteiger partial charge in [-0.1, -0.05) is 35.5 Å². The van der Waals surface area contributed by atoms with Gasteiger partial charge in [-0.15, -0.1) is 0 Å². The summed E-state index contributed by atoms with van der Waals surface area (Å²) in [5.74, 6) is -1.09. The van der Waals surface area contributed by atoms with Crippen molar-refractivity contribution < 1.29 is 28.4 Å². The Morgan fingerprint density at radius 1 is 0.906 bits per heavy atom. The molecule has 0 aliphatic heterocycles. The number of rotatable bonds is 6. The minimum Gasteiger partial charge on any atom is -0.465 e. The van der Waals surface area contributed by atoms with Crippen molar-refractivity contribution in [2.24, 2.45) is 0 Å². The average molecular weight is 430 g/mol. The first kappa shape index (κ1) is 20.8. The standard InChI is InChI=1S/C24H18N2O6/c1-30-23(28)16-7-10-18(11-8-16)25-21(27)14-31-24(29)17-9-12-20-19(13-17)22(32-26-20)15-5-3-2-4-6-15/h2-13H,14H2,1H3,(H,25,27). The molecule has 160 valence electrons. The first-order valence-corrected chi connectivity index (χ1v) is 9.65. The summed E-state index contributed by atoms with van der Waals surface area (Å²) in [5, 5.41) is 7.28. The Hall–Kier alpha value is -4.46. The molecule has 8 heteroatoms. The van der Waals surface area contributed by atoms with Crippen LogP contribution in [0, 0.1) is 0 Å². The molecular formula is C24H18N2O6. The van der Waals surface area contributed by atoms with Gasteiger partial charge in [0.25, 0.3) is 5.91 Å². The van der Waals surface area contributed by atoms with Gasteiger partial charge in [-0.25, -0.2) is 9.59 Å². The van der Waals surface area contributed by atoms with Crippen molar-refractivity contribution in [3.63, 3.8) is 0 Å². The maximum absolute atomic E-state index is 12.5. The summed E-state index contributed by atoms with van der Waals surface area (Å²) in [4.78, 5) is 36.0. The highest BCUT2D eigenvalue weighted by Gasteiger charge is 2.16. The normalized spacial score (nSPS) is 10.5. The van der Waals surface area contributed by atoms with E-state index >= 15 is 0 Å². The topological polar surface area (TPSA) is 108 Å². The van der Waals surface area contributed by atoms with Gasteiger partial charge < -0.3 is 19.3 Å². The third-order valence-electron chi connectivity index (χ3n) is 4.67. The van der Waals surface area contributed by atoms with Crippen LogP contribution in [0.4, 0.5) is 5.69 Å². The second-order valence-electron chi connectivity index (χ2n) is 6.80. The summed E-state index contributed by atoms with van der Waals surface area (Å²) < 4.78 is 15.2. The molecule has 8 nitrogen and oxygen atoms in total. The number of ether oxygens (including phenoxy) is 2. The van der Waals surface area contributed by atoms with Gasteiger partial charge >= 0.3 is 11.9 Å². The fourth-order valence-corrected chi connectivity index (χ4v) is 3.09. The quantitative estimate of drug-likeness (QED) is 0.459. The van der Waals surface area contributed by atoms with E-state index in [0.29, 0.717) is 27.9 Å². The van der Waals surface area contributed by atoms with E-state index in [1.165, 1.54) is 19.2 Å². The van der Waals surface area contributed by atoms with Gasteiger partial charge in [-0.05, 0) is 42.5 Å². The van der Waals surface area contributed by atoms with Crippen molar-refractivity contribution in [2.75, 3.05) is 19.0 Å². The number of nitrogens with one attached hydrogen (secondary N) is 1. The second-order valence-corrected chi connectivity index (χ2v) is 6.80. The fourth-order valence-electron chi connectivity index (χ4n) is 3.09. The predicted molar refractivity (Wildman–Crippen MR) is 116 cm³/mol. The van der Waals surface area contributed by atoms with E-state index in [1.54, 1.807) is 30.3 Å². The van der Waals surface area contributed by atoms with E-state index in [-0.39, 0.29) is 5.56 Å². The van der Waals surface area contributed by atoms with Gasteiger partial charge in [0.15, 0.2) is 12.4 Å². The monoisotopic (exact) mass is 430 g/mol. The second kappa shape index (κ2) is 9.13. The summed E-state index contributed by atoms with van der Waals surface area (Å²) in [6.07, 6.45) is 0. The highest BCUT2D eigenvalue weighted by molar-refractivity contribution is 6.00. The van der Waals surface area contributed by atoms with Crippen LogP contribution in [-0.2, 0) is 14.3 Å². The molecule has 0 fully saturated rings. The van der Waals surface area contributed by atoms with Crippen LogP contribution in [0.25, 0.3) is 22.2 Å². The number of hydrogen-bond donors (Lipinski definition) is 1. The van der Waals surface area contributed by atoms with Crippen molar-refractivity contribution in [2.45, 2.75) is 0 Å². The molecule has 3 aromatic carbocycles. The molecule has 0 saturated heterocycles. The maximum atomic E-state index is 12.5. The number of fused-ring (bicyclic) bond motifs is 1. The van der Waals surface area contributed by atoms with Crippen LogP contribution in [-0.4, -0.2) is 36.7 Å². The third-order valence-corrected chi connectivity index (χ3v) is 4.67. The SMILES string of the molecule is COC(=O)c1ccc(NC(=O)COC(=O)c2ccc3noc(-c4ccccc4)c3c2)cc1. The number of nitrogens with zero attached hydrogens (tertiary/aromatic N) is 1. The van der Waals surface area contributed by atoms with Crippen LogP contribution in [0.3, 0.4) is 0 Å². The smallest absolute Gasteiger partial charge is 0.338 e. The number of benzene rings is 3. The zero-order valence-electron chi connectivity index (χ0n) is 17.0. The first-order valence-electron chi connectivity index (χ1n) is 9.65. The largest absolute Gasteiger partial charge is 0.465 e. The number of carbonyl (C=O) groups is 3. The number of amides is 1.